The van der Waals surface area contributed by atoms with Crippen LogP contribution in [0.4, 0.5) is 5.69 Å². The van der Waals surface area contributed by atoms with E-state index in [1.54, 1.807) is 19.1 Å². The smallest absolute Gasteiger partial charge is 0.305 e. The Balaban J connectivity index is 2.23. The molecule has 0 spiro atoms. The summed E-state index contributed by atoms with van der Waals surface area (Å²) < 4.78 is 31.0. The fraction of sp³-hybridized carbons (Fsp3) is 0.263. The molecule has 0 fully saturated rings. The summed E-state index contributed by atoms with van der Waals surface area (Å²) in [6, 6.07) is 8.48. The number of nitrogens with one attached hydrogen (secondary N) is 1. The Morgan fingerprint density at radius 3 is 1.93 bits per heavy atom. The van der Waals surface area contributed by atoms with E-state index in [1.165, 1.54) is 29.3 Å². The zero-order chi connectivity index (χ0) is 20.1. The Kier molecular flexibility index (Phi) is 4.47. The molecule has 142 valence electrons. The third-order valence-electron chi connectivity index (χ3n) is 4.70. The van der Waals surface area contributed by atoms with Gasteiger partial charge in [-0.05, 0) is 50.1 Å². The zero-order valence-corrected chi connectivity index (χ0v) is 16.6. The maximum atomic E-state index is 13.0. The highest BCUT2D eigenvalue weighted by molar-refractivity contribution is 7.92. The topological polar surface area (TPSA) is 90.2 Å². The summed E-state index contributed by atoms with van der Waals surface area (Å²) in [5, 5.41) is 0. The second kappa shape index (κ2) is 6.38. The molecule has 0 aliphatic carbocycles. The number of benzene rings is 2. The van der Waals surface area contributed by atoms with E-state index in [1.807, 2.05) is 26.0 Å². The van der Waals surface area contributed by atoms with Gasteiger partial charge in [0, 0.05) is 14.1 Å². The lowest BCUT2D eigenvalue weighted by Gasteiger charge is -2.15. The SMILES string of the molecule is Cc1ccc(NS(=O)(=O)c2cc3c(cc2C)n(C)c(=O)c(=O)n3C)c(C)c1. The van der Waals surface area contributed by atoms with Crippen LogP contribution in [-0.4, -0.2) is 17.6 Å². The van der Waals surface area contributed by atoms with E-state index in [4.69, 9.17) is 0 Å². The van der Waals surface area contributed by atoms with Crippen molar-refractivity contribution in [2.24, 2.45) is 14.1 Å². The molecule has 0 aliphatic rings. The van der Waals surface area contributed by atoms with Gasteiger partial charge in [0.2, 0.25) is 0 Å². The maximum Gasteiger partial charge on any atom is 0.316 e. The van der Waals surface area contributed by atoms with Crippen molar-refractivity contribution in [2.45, 2.75) is 25.7 Å². The number of aryl methyl sites for hydroxylation is 5. The number of sulfonamides is 1. The van der Waals surface area contributed by atoms with Gasteiger partial charge in [-0.1, -0.05) is 17.7 Å². The van der Waals surface area contributed by atoms with Crippen LogP contribution in [0, 0.1) is 20.8 Å². The van der Waals surface area contributed by atoms with Crippen molar-refractivity contribution in [3.05, 3.63) is 67.7 Å². The quantitative estimate of drug-likeness (QED) is 0.696. The van der Waals surface area contributed by atoms with Crippen LogP contribution in [0.25, 0.3) is 11.0 Å². The van der Waals surface area contributed by atoms with Gasteiger partial charge in [0.1, 0.15) is 0 Å². The molecule has 8 heteroatoms. The Bertz CT molecular complexity index is 1300. The molecule has 1 aromatic heterocycles. The summed E-state index contributed by atoms with van der Waals surface area (Å²) in [5.41, 5.74) is 2.31. The summed E-state index contributed by atoms with van der Waals surface area (Å²) >= 11 is 0. The molecule has 27 heavy (non-hydrogen) atoms. The number of hydrogen-bond donors (Lipinski definition) is 1. The molecule has 7 nitrogen and oxygen atoms in total. The molecular weight excluding hydrogens is 366 g/mol. The maximum absolute atomic E-state index is 13.0. The van der Waals surface area contributed by atoms with E-state index in [0.717, 1.165) is 11.1 Å². The monoisotopic (exact) mass is 387 g/mol. The number of aromatic nitrogens is 2. The summed E-state index contributed by atoms with van der Waals surface area (Å²) in [4.78, 5) is 24.1. The average Bonchev–Trinajstić information content (AvgIpc) is 2.60. The molecule has 2 aromatic carbocycles. The molecule has 0 atom stereocenters. The van der Waals surface area contributed by atoms with Gasteiger partial charge < -0.3 is 9.13 Å². The predicted molar refractivity (Wildman–Crippen MR) is 106 cm³/mol. The second-order valence-electron chi connectivity index (χ2n) is 6.76. The first-order chi connectivity index (χ1) is 12.5. The van der Waals surface area contributed by atoms with E-state index in [-0.39, 0.29) is 4.90 Å². The minimum atomic E-state index is -3.88. The summed E-state index contributed by atoms with van der Waals surface area (Å²) in [7, 11) is -0.929. The van der Waals surface area contributed by atoms with Crippen molar-refractivity contribution in [2.75, 3.05) is 4.72 Å². The fourth-order valence-corrected chi connectivity index (χ4v) is 4.50. The molecule has 0 radical (unpaired) electrons. The minimum Gasteiger partial charge on any atom is -0.305 e. The first-order valence-electron chi connectivity index (χ1n) is 8.33. The number of rotatable bonds is 3. The Morgan fingerprint density at radius 1 is 0.815 bits per heavy atom. The normalized spacial score (nSPS) is 11.7. The Labute approximate surface area is 156 Å². The van der Waals surface area contributed by atoms with E-state index < -0.39 is 21.1 Å². The molecular formula is C19H21N3O4S. The van der Waals surface area contributed by atoms with Crippen LogP contribution >= 0.6 is 0 Å². The highest BCUT2D eigenvalue weighted by Crippen LogP contribution is 2.25. The van der Waals surface area contributed by atoms with Crippen LogP contribution in [0.1, 0.15) is 16.7 Å². The van der Waals surface area contributed by atoms with Crippen molar-refractivity contribution in [1.82, 2.24) is 9.13 Å². The predicted octanol–water partition coefficient (Wildman–Crippen LogP) is 1.96. The third kappa shape index (κ3) is 3.16. The van der Waals surface area contributed by atoms with Crippen molar-refractivity contribution in [1.29, 1.82) is 0 Å². The van der Waals surface area contributed by atoms with Crippen molar-refractivity contribution in [3.63, 3.8) is 0 Å². The molecule has 0 amide bonds. The van der Waals surface area contributed by atoms with Gasteiger partial charge in [0.15, 0.2) is 0 Å². The third-order valence-corrected chi connectivity index (χ3v) is 6.21. The molecule has 0 bridgehead atoms. The molecule has 0 aliphatic heterocycles. The molecule has 0 saturated heterocycles. The molecule has 0 saturated carbocycles. The minimum absolute atomic E-state index is 0.0589. The van der Waals surface area contributed by atoms with Gasteiger partial charge in [-0.3, -0.25) is 14.3 Å². The molecule has 3 rings (SSSR count). The van der Waals surface area contributed by atoms with Crippen LogP contribution in [0.2, 0.25) is 0 Å². The van der Waals surface area contributed by atoms with Crippen molar-refractivity contribution >= 4 is 26.7 Å². The highest BCUT2D eigenvalue weighted by atomic mass is 32.2. The van der Waals surface area contributed by atoms with Gasteiger partial charge in [0.05, 0.1) is 21.6 Å². The van der Waals surface area contributed by atoms with E-state index in [9.17, 15) is 18.0 Å². The largest absolute Gasteiger partial charge is 0.316 e. The molecule has 1 N–H and O–H groups in total. The lowest BCUT2D eigenvalue weighted by Crippen LogP contribution is -2.39. The Hall–Kier alpha value is -2.87. The van der Waals surface area contributed by atoms with Crippen LogP contribution in [0.3, 0.4) is 0 Å². The van der Waals surface area contributed by atoms with Crippen molar-refractivity contribution < 1.29 is 8.42 Å². The highest BCUT2D eigenvalue weighted by Gasteiger charge is 2.21. The zero-order valence-electron chi connectivity index (χ0n) is 15.8. The summed E-state index contributed by atoms with van der Waals surface area (Å²) in [6.07, 6.45) is 0. The average molecular weight is 387 g/mol. The van der Waals surface area contributed by atoms with Gasteiger partial charge in [0.25, 0.3) is 10.0 Å². The fourth-order valence-electron chi connectivity index (χ4n) is 3.12. The lowest BCUT2D eigenvalue weighted by molar-refractivity contribution is 0.600. The van der Waals surface area contributed by atoms with Gasteiger partial charge in [-0.2, -0.15) is 0 Å². The van der Waals surface area contributed by atoms with Crippen LogP contribution in [0.5, 0.6) is 0 Å². The molecule has 0 unspecified atom stereocenters. The Morgan fingerprint density at radius 2 is 1.37 bits per heavy atom. The van der Waals surface area contributed by atoms with Crippen LogP contribution in [0.15, 0.2) is 44.8 Å². The van der Waals surface area contributed by atoms with Crippen LogP contribution < -0.4 is 15.8 Å². The lowest BCUT2D eigenvalue weighted by atomic mass is 10.1. The number of nitrogens with zero attached hydrogens (tertiary/aromatic N) is 2. The summed E-state index contributed by atoms with van der Waals surface area (Å²) in [6.45, 7) is 5.42. The van der Waals surface area contributed by atoms with Gasteiger partial charge >= 0.3 is 11.1 Å². The number of fused-ring (bicyclic) bond motifs is 1. The van der Waals surface area contributed by atoms with E-state index in [2.05, 4.69) is 4.72 Å². The molecule has 3 aromatic rings. The first kappa shape index (κ1) is 18.9. The van der Waals surface area contributed by atoms with Gasteiger partial charge in [-0.25, -0.2) is 8.42 Å². The van der Waals surface area contributed by atoms with Gasteiger partial charge in [-0.15, -0.1) is 0 Å². The number of hydrogen-bond acceptors (Lipinski definition) is 4. The van der Waals surface area contributed by atoms with Crippen molar-refractivity contribution in [3.8, 4) is 0 Å². The van der Waals surface area contributed by atoms with E-state index in [0.29, 0.717) is 22.3 Å². The standard InChI is InChI=1S/C19H21N3O4S/c1-11-6-7-14(12(2)8-11)20-27(25,26)17-10-16-15(9-13(17)3)21(4)18(23)19(24)22(16)5/h6-10,20H,1-5H3. The number of anilines is 1. The second-order valence-corrected chi connectivity index (χ2v) is 8.41. The first-order valence-corrected chi connectivity index (χ1v) is 9.81. The van der Waals surface area contributed by atoms with E-state index >= 15 is 0 Å². The molecule has 1 heterocycles. The summed E-state index contributed by atoms with van der Waals surface area (Å²) in [5.74, 6) is 0. The van der Waals surface area contributed by atoms with Crippen LogP contribution in [-0.2, 0) is 24.1 Å².